The van der Waals surface area contributed by atoms with Gasteiger partial charge >= 0.3 is 5.51 Å². The third-order valence-corrected chi connectivity index (χ3v) is 2.54. The molecule has 1 N–H and O–H groups in total. The molecule has 92 valence electrons. The maximum atomic E-state index is 11.8. The highest BCUT2D eigenvalue weighted by atomic mass is 32.2. The maximum absolute atomic E-state index is 11.8. The number of hydrogen-bond donors (Lipinski definition) is 1. The predicted molar refractivity (Wildman–Crippen MR) is 57.1 cm³/mol. The van der Waals surface area contributed by atoms with Gasteiger partial charge in [-0.25, -0.2) is 0 Å². The summed E-state index contributed by atoms with van der Waals surface area (Å²) < 4.78 is 40.3. The third-order valence-electron chi connectivity index (χ3n) is 1.81. The van der Waals surface area contributed by atoms with Gasteiger partial charge in [-0.2, -0.15) is 13.2 Å². The fourth-order valence-electron chi connectivity index (χ4n) is 1.22. The minimum absolute atomic E-state index is 0.00841. The van der Waals surface area contributed by atoms with Crippen LogP contribution in [-0.2, 0) is 4.74 Å². The Morgan fingerprint density at radius 3 is 2.53 bits per heavy atom. The van der Waals surface area contributed by atoms with Crippen LogP contribution in [0, 0.1) is 0 Å². The molecular formula is C9H18F3NOS. The third kappa shape index (κ3) is 10.3. The van der Waals surface area contributed by atoms with Crippen molar-refractivity contribution in [2.24, 2.45) is 0 Å². The number of rotatable bonds is 8. The van der Waals surface area contributed by atoms with Crippen molar-refractivity contribution in [3.8, 4) is 0 Å². The zero-order valence-electron chi connectivity index (χ0n) is 9.06. The Kier molecular flexibility index (Phi) is 8.27. The van der Waals surface area contributed by atoms with E-state index in [1.807, 2.05) is 6.92 Å². The fraction of sp³-hybridized carbons (Fsp3) is 1.00. The van der Waals surface area contributed by atoms with Crippen molar-refractivity contribution in [1.29, 1.82) is 0 Å². The van der Waals surface area contributed by atoms with Crippen LogP contribution in [-0.4, -0.2) is 37.6 Å². The number of halogens is 3. The molecule has 0 aromatic carbocycles. The SMILES string of the molecule is CCCC(COC)NCCSC(F)(F)F. The highest BCUT2D eigenvalue weighted by molar-refractivity contribution is 8.00. The van der Waals surface area contributed by atoms with Gasteiger partial charge in [0.05, 0.1) is 6.61 Å². The fourth-order valence-corrected chi connectivity index (χ4v) is 1.68. The van der Waals surface area contributed by atoms with E-state index in [1.165, 1.54) is 0 Å². The minimum atomic E-state index is -4.12. The standard InChI is InChI=1S/C9H18F3NOS/c1-3-4-8(7-14-2)13-5-6-15-9(10,11)12/h8,13H,3-7H2,1-2H3. The van der Waals surface area contributed by atoms with E-state index in [9.17, 15) is 13.2 Å². The molecule has 0 bridgehead atoms. The first-order valence-electron chi connectivity index (χ1n) is 4.92. The number of thioether (sulfide) groups is 1. The summed E-state index contributed by atoms with van der Waals surface area (Å²) in [5.41, 5.74) is -4.12. The van der Waals surface area contributed by atoms with E-state index >= 15 is 0 Å². The number of hydrogen-bond acceptors (Lipinski definition) is 3. The summed E-state index contributed by atoms with van der Waals surface area (Å²) in [6.07, 6.45) is 1.91. The lowest BCUT2D eigenvalue weighted by molar-refractivity contribution is -0.0327. The molecule has 0 aliphatic carbocycles. The normalized spacial score (nSPS) is 14.2. The van der Waals surface area contributed by atoms with Gasteiger partial charge in [0.2, 0.25) is 0 Å². The lowest BCUT2D eigenvalue weighted by Crippen LogP contribution is -2.34. The molecule has 0 saturated heterocycles. The van der Waals surface area contributed by atoms with Crippen molar-refractivity contribution in [3.05, 3.63) is 0 Å². The summed E-state index contributed by atoms with van der Waals surface area (Å²) in [5.74, 6) is 0.0490. The molecule has 2 nitrogen and oxygen atoms in total. The van der Waals surface area contributed by atoms with Gasteiger partial charge in [-0.15, -0.1) is 0 Å². The van der Waals surface area contributed by atoms with Crippen LogP contribution in [0.1, 0.15) is 19.8 Å². The molecule has 0 aliphatic rings. The van der Waals surface area contributed by atoms with Gasteiger partial charge in [0.1, 0.15) is 0 Å². The average Bonchev–Trinajstić information content (AvgIpc) is 2.11. The van der Waals surface area contributed by atoms with E-state index in [-0.39, 0.29) is 23.6 Å². The Balaban J connectivity index is 3.52. The van der Waals surface area contributed by atoms with Crippen LogP contribution in [0.15, 0.2) is 0 Å². The largest absolute Gasteiger partial charge is 0.441 e. The van der Waals surface area contributed by atoms with Gasteiger partial charge in [0, 0.05) is 25.4 Å². The van der Waals surface area contributed by atoms with E-state index in [0.29, 0.717) is 13.2 Å². The van der Waals surface area contributed by atoms with E-state index in [0.717, 1.165) is 12.8 Å². The first kappa shape index (κ1) is 15.1. The Morgan fingerprint density at radius 1 is 1.40 bits per heavy atom. The van der Waals surface area contributed by atoms with Crippen LogP contribution >= 0.6 is 11.8 Å². The Bertz CT molecular complexity index is 149. The topological polar surface area (TPSA) is 21.3 Å². The first-order valence-corrected chi connectivity index (χ1v) is 5.91. The summed E-state index contributed by atoms with van der Waals surface area (Å²) >= 11 is 0.00841. The van der Waals surface area contributed by atoms with Gasteiger partial charge in [0.15, 0.2) is 0 Å². The molecule has 0 spiro atoms. The van der Waals surface area contributed by atoms with Gasteiger partial charge in [0.25, 0.3) is 0 Å². The van der Waals surface area contributed by atoms with Crippen molar-refractivity contribution in [2.45, 2.75) is 31.3 Å². The van der Waals surface area contributed by atoms with Crippen LogP contribution in [0.3, 0.4) is 0 Å². The Hall–Kier alpha value is 0.0600. The molecule has 1 atom stereocenters. The molecule has 0 aliphatic heterocycles. The second-order valence-corrected chi connectivity index (χ2v) is 4.35. The summed E-state index contributed by atoms with van der Waals surface area (Å²) in [5, 5.41) is 3.05. The molecule has 0 rings (SSSR count). The summed E-state index contributed by atoms with van der Waals surface area (Å²) in [6.45, 7) is 2.94. The predicted octanol–water partition coefficient (Wildman–Crippen LogP) is 2.64. The van der Waals surface area contributed by atoms with E-state index in [1.54, 1.807) is 7.11 Å². The molecule has 6 heteroatoms. The van der Waals surface area contributed by atoms with Crippen molar-refractivity contribution >= 4 is 11.8 Å². The quantitative estimate of drug-likeness (QED) is 0.664. The lowest BCUT2D eigenvalue weighted by atomic mass is 10.2. The number of alkyl halides is 3. The van der Waals surface area contributed by atoms with Crippen LogP contribution in [0.5, 0.6) is 0 Å². The van der Waals surface area contributed by atoms with Gasteiger partial charge in [-0.3, -0.25) is 0 Å². The zero-order chi connectivity index (χ0) is 11.7. The van der Waals surface area contributed by atoms with Crippen LogP contribution in [0.25, 0.3) is 0 Å². The van der Waals surface area contributed by atoms with Crippen molar-refractivity contribution < 1.29 is 17.9 Å². The molecule has 0 heterocycles. The van der Waals surface area contributed by atoms with Crippen LogP contribution in [0.2, 0.25) is 0 Å². The summed E-state index contributed by atoms with van der Waals surface area (Å²) in [6, 6.07) is 0.161. The Labute approximate surface area is 92.9 Å². The average molecular weight is 245 g/mol. The van der Waals surface area contributed by atoms with E-state index in [4.69, 9.17) is 4.74 Å². The minimum Gasteiger partial charge on any atom is -0.383 e. The molecule has 0 fully saturated rings. The van der Waals surface area contributed by atoms with Crippen LogP contribution in [0.4, 0.5) is 13.2 Å². The molecule has 0 saturated carbocycles. The maximum Gasteiger partial charge on any atom is 0.441 e. The summed E-state index contributed by atoms with van der Waals surface area (Å²) in [4.78, 5) is 0. The van der Waals surface area contributed by atoms with E-state index < -0.39 is 5.51 Å². The molecule has 0 aromatic rings. The highest BCUT2D eigenvalue weighted by Gasteiger charge is 2.27. The molecule has 1 unspecified atom stereocenters. The lowest BCUT2D eigenvalue weighted by Gasteiger charge is -2.17. The molecule has 0 radical (unpaired) electrons. The van der Waals surface area contributed by atoms with Gasteiger partial charge in [-0.1, -0.05) is 13.3 Å². The first-order chi connectivity index (χ1) is 6.99. The number of nitrogens with one attached hydrogen (secondary N) is 1. The Morgan fingerprint density at radius 2 is 2.07 bits per heavy atom. The molecule has 0 amide bonds. The highest BCUT2D eigenvalue weighted by Crippen LogP contribution is 2.29. The van der Waals surface area contributed by atoms with Gasteiger partial charge < -0.3 is 10.1 Å². The van der Waals surface area contributed by atoms with E-state index in [2.05, 4.69) is 5.32 Å². The zero-order valence-corrected chi connectivity index (χ0v) is 9.88. The van der Waals surface area contributed by atoms with Gasteiger partial charge in [-0.05, 0) is 18.2 Å². The second-order valence-electron chi connectivity index (χ2n) is 3.19. The van der Waals surface area contributed by atoms with Crippen LogP contribution < -0.4 is 5.32 Å². The van der Waals surface area contributed by atoms with Crippen molar-refractivity contribution in [3.63, 3.8) is 0 Å². The smallest absolute Gasteiger partial charge is 0.383 e. The molecule has 15 heavy (non-hydrogen) atoms. The number of ether oxygens (including phenoxy) is 1. The second kappa shape index (κ2) is 8.24. The molecular weight excluding hydrogens is 227 g/mol. The molecule has 0 aromatic heterocycles. The monoisotopic (exact) mass is 245 g/mol. The summed E-state index contributed by atoms with van der Waals surface area (Å²) in [7, 11) is 1.59. The number of methoxy groups -OCH3 is 1. The van der Waals surface area contributed by atoms with Crippen molar-refractivity contribution in [1.82, 2.24) is 5.32 Å². The van der Waals surface area contributed by atoms with Crippen molar-refractivity contribution in [2.75, 3.05) is 26.0 Å².